The van der Waals surface area contributed by atoms with E-state index in [1.807, 2.05) is 29.7 Å². The highest BCUT2D eigenvalue weighted by atomic mass is 79.9. The molecule has 0 unspecified atom stereocenters. The van der Waals surface area contributed by atoms with Crippen molar-refractivity contribution >= 4 is 27.3 Å². The van der Waals surface area contributed by atoms with Crippen molar-refractivity contribution in [3.63, 3.8) is 0 Å². The van der Waals surface area contributed by atoms with Crippen LogP contribution in [0.15, 0.2) is 75.3 Å². The first-order valence-electron chi connectivity index (χ1n) is 9.12. The van der Waals surface area contributed by atoms with Crippen molar-refractivity contribution in [1.82, 2.24) is 14.5 Å². The third-order valence-electron chi connectivity index (χ3n) is 5.02. The Labute approximate surface area is 179 Å². The summed E-state index contributed by atoms with van der Waals surface area (Å²) in [6, 6.07) is 12.1. The summed E-state index contributed by atoms with van der Waals surface area (Å²) in [5, 5.41) is 11.7. The lowest BCUT2D eigenvalue weighted by Crippen LogP contribution is -2.09. The number of para-hydroxylation sites is 1. The van der Waals surface area contributed by atoms with Crippen LogP contribution in [0.2, 0.25) is 0 Å². The van der Waals surface area contributed by atoms with Crippen molar-refractivity contribution in [2.75, 3.05) is 0 Å². The minimum Gasteiger partial charge on any atom is -0.442 e. The number of aromatic nitrogens is 3. The zero-order chi connectivity index (χ0) is 20.8. The minimum absolute atomic E-state index is 0.00883. The van der Waals surface area contributed by atoms with E-state index in [0.29, 0.717) is 22.7 Å². The van der Waals surface area contributed by atoms with Crippen LogP contribution in [0, 0.1) is 10.1 Å². The van der Waals surface area contributed by atoms with E-state index in [2.05, 4.69) is 25.9 Å². The van der Waals surface area contributed by atoms with Gasteiger partial charge in [0.1, 0.15) is 12.0 Å². The third-order valence-corrected chi connectivity index (χ3v) is 5.51. The maximum atomic E-state index is 11.7. The summed E-state index contributed by atoms with van der Waals surface area (Å²) in [4.78, 5) is 24.8. The lowest BCUT2D eigenvalue weighted by molar-refractivity contribution is -0.385. The van der Waals surface area contributed by atoms with E-state index in [1.54, 1.807) is 30.7 Å². The maximum Gasteiger partial charge on any atom is 0.278 e. The highest BCUT2D eigenvalue weighted by Crippen LogP contribution is 2.38. The quantitative estimate of drug-likeness (QED) is 0.310. The van der Waals surface area contributed by atoms with Gasteiger partial charge in [0.25, 0.3) is 5.69 Å². The van der Waals surface area contributed by atoms with Crippen LogP contribution in [0.1, 0.15) is 29.8 Å². The first kappa shape index (κ1) is 18.4. The third kappa shape index (κ3) is 2.86. The number of halogens is 1. The molecule has 0 N–H and O–H groups in total. The van der Waals surface area contributed by atoms with Crippen LogP contribution in [0.5, 0.6) is 0 Å². The molecule has 0 spiro atoms. The second-order valence-electron chi connectivity index (χ2n) is 6.80. The predicted molar refractivity (Wildman–Crippen MR) is 114 cm³/mol. The number of nitro groups is 1. The van der Waals surface area contributed by atoms with Crippen LogP contribution >= 0.6 is 15.9 Å². The van der Waals surface area contributed by atoms with Crippen LogP contribution in [0.3, 0.4) is 0 Å². The molecular weight excluding hydrogens is 450 g/mol. The fourth-order valence-corrected chi connectivity index (χ4v) is 4.11. The van der Waals surface area contributed by atoms with Crippen molar-refractivity contribution in [2.24, 2.45) is 4.99 Å². The standard InChI is InChI=1S/C21H14BrN5O3/c1-12-21-20(18-9-23-11-30-18)24-10-26(21)16-7-6-13(22)8-15(16)19(25-12)14-4-2-3-5-17(14)27(28)29/h2-12H,1H3/t12-/m0/s1. The largest absolute Gasteiger partial charge is 0.442 e. The molecule has 2 aromatic heterocycles. The summed E-state index contributed by atoms with van der Waals surface area (Å²) in [5.41, 5.74) is 4.09. The molecule has 2 aromatic carbocycles. The van der Waals surface area contributed by atoms with Crippen molar-refractivity contribution in [2.45, 2.75) is 13.0 Å². The van der Waals surface area contributed by atoms with Gasteiger partial charge in [-0.15, -0.1) is 0 Å². The van der Waals surface area contributed by atoms with Gasteiger partial charge < -0.3 is 4.42 Å². The zero-order valence-corrected chi connectivity index (χ0v) is 17.3. The molecule has 1 atom stereocenters. The molecule has 0 radical (unpaired) electrons. The van der Waals surface area contributed by atoms with Crippen LogP contribution in [-0.4, -0.2) is 25.2 Å². The summed E-state index contributed by atoms with van der Waals surface area (Å²) in [6.45, 7) is 1.93. The SMILES string of the molecule is C[C@@H]1N=C(c2ccccc2[N+](=O)[O-])c2cc(Br)ccc2-n2cnc(-c3cnco3)c21. The molecule has 1 aliphatic heterocycles. The topological polar surface area (TPSA) is 99.3 Å². The van der Waals surface area contributed by atoms with E-state index in [-0.39, 0.29) is 16.7 Å². The van der Waals surface area contributed by atoms with Gasteiger partial charge in [-0.3, -0.25) is 19.7 Å². The van der Waals surface area contributed by atoms with E-state index in [1.165, 1.54) is 12.5 Å². The molecule has 9 heteroatoms. The summed E-state index contributed by atoms with van der Waals surface area (Å²) in [5.74, 6) is 0.540. The first-order chi connectivity index (χ1) is 14.5. The van der Waals surface area contributed by atoms with Crippen LogP contribution in [0.4, 0.5) is 5.69 Å². The van der Waals surface area contributed by atoms with E-state index >= 15 is 0 Å². The van der Waals surface area contributed by atoms with Gasteiger partial charge in [0.05, 0.1) is 39.8 Å². The lowest BCUT2D eigenvalue weighted by Gasteiger charge is -2.12. The molecule has 0 aliphatic carbocycles. The van der Waals surface area contributed by atoms with E-state index in [0.717, 1.165) is 21.4 Å². The Bertz CT molecular complexity index is 1310. The van der Waals surface area contributed by atoms with Gasteiger partial charge in [0.15, 0.2) is 12.2 Å². The molecule has 4 aromatic rings. The van der Waals surface area contributed by atoms with Crippen LogP contribution in [0.25, 0.3) is 17.1 Å². The van der Waals surface area contributed by atoms with E-state index < -0.39 is 0 Å². The van der Waals surface area contributed by atoms with Gasteiger partial charge in [-0.2, -0.15) is 0 Å². The average Bonchev–Trinajstić information content (AvgIpc) is 3.39. The Hall–Kier alpha value is -3.59. The molecule has 1 aliphatic rings. The Morgan fingerprint density at radius 2 is 2.03 bits per heavy atom. The Balaban J connectivity index is 1.82. The summed E-state index contributed by atoms with van der Waals surface area (Å²) >= 11 is 3.52. The molecular formula is C21H14BrN5O3. The van der Waals surface area contributed by atoms with Gasteiger partial charge in [0, 0.05) is 16.1 Å². The smallest absolute Gasteiger partial charge is 0.278 e. The molecule has 0 amide bonds. The van der Waals surface area contributed by atoms with Gasteiger partial charge in [0.2, 0.25) is 0 Å². The number of aliphatic imine (C=N–C) groups is 1. The molecule has 0 saturated heterocycles. The Kier molecular flexibility index (Phi) is 4.32. The van der Waals surface area contributed by atoms with Crippen molar-refractivity contribution < 1.29 is 9.34 Å². The van der Waals surface area contributed by atoms with Crippen LogP contribution in [-0.2, 0) is 0 Å². The highest BCUT2D eigenvalue weighted by molar-refractivity contribution is 9.10. The monoisotopic (exact) mass is 463 g/mol. The van der Waals surface area contributed by atoms with E-state index in [4.69, 9.17) is 9.41 Å². The maximum absolute atomic E-state index is 11.7. The molecule has 3 heterocycles. The fourth-order valence-electron chi connectivity index (χ4n) is 3.75. The van der Waals surface area contributed by atoms with Gasteiger partial charge >= 0.3 is 0 Å². The first-order valence-corrected chi connectivity index (χ1v) is 9.92. The molecule has 0 saturated carbocycles. The number of benzene rings is 2. The lowest BCUT2D eigenvalue weighted by atomic mass is 9.99. The average molecular weight is 464 g/mol. The summed E-state index contributed by atoms with van der Waals surface area (Å²) in [7, 11) is 0. The van der Waals surface area contributed by atoms with Crippen molar-refractivity contribution in [3.05, 3.63) is 92.8 Å². The van der Waals surface area contributed by atoms with Gasteiger partial charge in [-0.05, 0) is 31.2 Å². The number of hydrogen-bond acceptors (Lipinski definition) is 6. The van der Waals surface area contributed by atoms with Crippen LogP contribution < -0.4 is 0 Å². The minimum atomic E-state index is -0.382. The second kappa shape index (κ2) is 7.03. The molecule has 8 nitrogen and oxygen atoms in total. The number of imidazole rings is 1. The molecule has 0 fully saturated rings. The molecule has 5 rings (SSSR count). The van der Waals surface area contributed by atoms with E-state index in [9.17, 15) is 10.1 Å². The molecule has 30 heavy (non-hydrogen) atoms. The normalized spacial score (nSPS) is 15.1. The summed E-state index contributed by atoms with van der Waals surface area (Å²) < 4.78 is 8.27. The zero-order valence-electron chi connectivity index (χ0n) is 15.7. The highest BCUT2D eigenvalue weighted by Gasteiger charge is 2.30. The number of rotatable bonds is 3. The molecule has 148 valence electrons. The number of nitrogens with zero attached hydrogens (tertiary/aromatic N) is 5. The number of oxazole rings is 1. The van der Waals surface area contributed by atoms with Crippen molar-refractivity contribution in [3.8, 4) is 17.1 Å². The summed E-state index contributed by atoms with van der Waals surface area (Å²) in [6.07, 6.45) is 4.68. The number of fused-ring (bicyclic) bond motifs is 3. The second-order valence-corrected chi connectivity index (χ2v) is 7.72. The van der Waals surface area contributed by atoms with Crippen molar-refractivity contribution in [1.29, 1.82) is 0 Å². The number of hydrogen-bond donors (Lipinski definition) is 0. The Morgan fingerprint density at radius 1 is 1.20 bits per heavy atom. The fraction of sp³-hybridized carbons (Fsp3) is 0.0952. The molecule has 0 bridgehead atoms. The predicted octanol–water partition coefficient (Wildman–Crippen LogP) is 5.11. The Morgan fingerprint density at radius 3 is 2.80 bits per heavy atom. The van der Waals surface area contributed by atoms with Gasteiger partial charge in [-0.25, -0.2) is 9.97 Å². The number of nitro benzene ring substituents is 1. The van der Waals surface area contributed by atoms with Gasteiger partial charge in [-0.1, -0.05) is 28.1 Å².